The number of anilines is 1. The highest BCUT2D eigenvalue weighted by Crippen LogP contribution is 2.32. The topological polar surface area (TPSA) is 20.3 Å². The summed E-state index contributed by atoms with van der Waals surface area (Å²) in [6, 6.07) is 14.0. The number of aldehydes is 1. The summed E-state index contributed by atoms with van der Waals surface area (Å²) in [5.74, 6) is 0. The van der Waals surface area contributed by atoms with Gasteiger partial charge in [-0.3, -0.25) is 4.79 Å². The van der Waals surface area contributed by atoms with Crippen LogP contribution >= 0.6 is 11.6 Å². The highest BCUT2D eigenvalue weighted by atomic mass is 35.5. The SMILES string of the molecule is O=Cc1cccc(Cl)c1N1CCCc2ccccc2C1. The van der Waals surface area contributed by atoms with Gasteiger partial charge in [0.05, 0.1) is 10.7 Å². The second-order valence-corrected chi connectivity index (χ2v) is 5.50. The summed E-state index contributed by atoms with van der Waals surface area (Å²) in [5, 5.41) is 0.647. The molecule has 0 amide bonds. The lowest BCUT2D eigenvalue weighted by atomic mass is 10.0. The average molecular weight is 286 g/mol. The number of rotatable bonds is 2. The molecule has 3 heteroatoms. The lowest BCUT2D eigenvalue weighted by Gasteiger charge is -2.25. The van der Waals surface area contributed by atoms with Crippen LogP contribution in [-0.4, -0.2) is 12.8 Å². The van der Waals surface area contributed by atoms with Crippen molar-refractivity contribution in [3.63, 3.8) is 0 Å². The van der Waals surface area contributed by atoms with Crippen molar-refractivity contribution >= 4 is 23.6 Å². The van der Waals surface area contributed by atoms with Gasteiger partial charge in [-0.15, -0.1) is 0 Å². The normalized spacial score (nSPS) is 14.6. The summed E-state index contributed by atoms with van der Waals surface area (Å²) in [7, 11) is 0. The van der Waals surface area contributed by atoms with Gasteiger partial charge in [0.1, 0.15) is 0 Å². The van der Waals surface area contributed by atoms with Crippen molar-refractivity contribution in [3.05, 3.63) is 64.2 Å². The molecular weight excluding hydrogens is 270 g/mol. The predicted octanol–water partition coefficient (Wildman–Crippen LogP) is 4.11. The molecule has 0 atom stereocenters. The van der Waals surface area contributed by atoms with Gasteiger partial charge in [0.2, 0.25) is 0 Å². The fourth-order valence-corrected chi connectivity index (χ4v) is 3.15. The van der Waals surface area contributed by atoms with E-state index < -0.39 is 0 Å². The van der Waals surface area contributed by atoms with E-state index >= 15 is 0 Å². The minimum atomic E-state index is 0.647. The van der Waals surface area contributed by atoms with E-state index in [0.29, 0.717) is 10.6 Å². The van der Waals surface area contributed by atoms with Crippen LogP contribution in [0.5, 0.6) is 0 Å². The average Bonchev–Trinajstić information content (AvgIpc) is 2.68. The number of carbonyl (C=O) groups is 1. The molecule has 0 bridgehead atoms. The Bertz CT molecular complexity index is 639. The molecule has 0 radical (unpaired) electrons. The van der Waals surface area contributed by atoms with Gasteiger partial charge in [-0.1, -0.05) is 41.9 Å². The van der Waals surface area contributed by atoms with Crippen LogP contribution in [0, 0.1) is 0 Å². The standard InChI is InChI=1S/C17H16ClNO/c18-16-9-3-7-15(12-20)17(16)19-10-4-8-13-5-1-2-6-14(13)11-19/h1-3,5-7,9,12H,4,8,10-11H2. The second kappa shape index (κ2) is 5.68. The van der Waals surface area contributed by atoms with E-state index in [1.54, 1.807) is 0 Å². The summed E-state index contributed by atoms with van der Waals surface area (Å²) in [5.41, 5.74) is 4.24. The van der Waals surface area contributed by atoms with Crippen LogP contribution in [0.3, 0.4) is 0 Å². The molecule has 1 aliphatic rings. The molecule has 0 N–H and O–H groups in total. The van der Waals surface area contributed by atoms with Gasteiger partial charge < -0.3 is 4.90 Å². The summed E-state index contributed by atoms with van der Waals surface area (Å²) in [4.78, 5) is 13.5. The number of benzene rings is 2. The first-order valence-corrected chi connectivity index (χ1v) is 7.23. The van der Waals surface area contributed by atoms with Crippen LogP contribution in [0.2, 0.25) is 5.02 Å². The number of halogens is 1. The van der Waals surface area contributed by atoms with E-state index in [4.69, 9.17) is 11.6 Å². The molecule has 0 aliphatic carbocycles. The largest absolute Gasteiger partial charge is 0.365 e. The minimum Gasteiger partial charge on any atom is -0.365 e. The first-order chi connectivity index (χ1) is 9.79. The van der Waals surface area contributed by atoms with Gasteiger partial charge in [-0.05, 0) is 36.1 Å². The molecular formula is C17H16ClNO. The zero-order valence-electron chi connectivity index (χ0n) is 11.2. The van der Waals surface area contributed by atoms with Gasteiger partial charge in [0.15, 0.2) is 6.29 Å². The van der Waals surface area contributed by atoms with Crippen molar-refractivity contribution in [2.24, 2.45) is 0 Å². The Morgan fingerprint density at radius 2 is 1.85 bits per heavy atom. The summed E-state index contributed by atoms with van der Waals surface area (Å²) in [6.07, 6.45) is 3.03. The number of nitrogens with zero attached hydrogens (tertiary/aromatic N) is 1. The van der Waals surface area contributed by atoms with Crippen LogP contribution < -0.4 is 4.90 Å². The maximum Gasteiger partial charge on any atom is 0.152 e. The van der Waals surface area contributed by atoms with E-state index in [0.717, 1.165) is 37.9 Å². The number of hydrogen-bond acceptors (Lipinski definition) is 2. The first-order valence-electron chi connectivity index (χ1n) is 6.85. The van der Waals surface area contributed by atoms with Crippen LogP contribution in [0.15, 0.2) is 42.5 Å². The van der Waals surface area contributed by atoms with Crippen LogP contribution in [0.25, 0.3) is 0 Å². The molecule has 2 nitrogen and oxygen atoms in total. The molecule has 0 fully saturated rings. The monoisotopic (exact) mass is 285 g/mol. The molecule has 1 aliphatic heterocycles. The predicted molar refractivity (Wildman–Crippen MR) is 82.7 cm³/mol. The fourth-order valence-electron chi connectivity index (χ4n) is 2.85. The zero-order chi connectivity index (χ0) is 13.9. The number of hydrogen-bond donors (Lipinski definition) is 0. The molecule has 2 aromatic carbocycles. The minimum absolute atomic E-state index is 0.647. The van der Waals surface area contributed by atoms with Crippen molar-refractivity contribution in [2.45, 2.75) is 19.4 Å². The summed E-state index contributed by atoms with van der Waals surface area (Å²) >= 11 is 6.32. The third kappa shape index (κ3) is 2.44. The number of para-hydroxylation sites is 1. The Morgan fingerprint density at radius 3 is 2.65 bits per heavy atom. The van der Waals surface area contributed by atoms with E-state index in [1.807, 2.05) is 18.2 Å². The Kier molecular flexibility index (Phi) is 3.75. The van der Waals surface area contributed by atoms with Gasteiger partial charge in [0.25, 0.3) is 0 Å². The number of fused-ring (bicyclic) bond motifs is 1. The van der Waals surface area contributed by atoms with Crippen LogP contribution in [-0.2, 0) is 13.0 Å². The van der Waals surface area contributed by atoms with E-state index in [2.05, 4.69) is 29.2 Å². The third-order valence-corrected chi connectivity index (χ3v) is 4.12. The quantitative estimate of drug-likeness (QED) is 0.774. The highest BCUT2D eigenvalue weighted by Gasteiger charge is 2.18. The van der Waals surface area contributed by atoms with E-state index in [-0.39, 0.29) is 0 Å². The molecule has 2 aromatic rings. The highest BCUT2D eigenvalue weighted by molar-refractivity contribution is 6.33. The van der Waals surface area contributed by atoms with Crippen molar-refractivity contribution in [3.8, 4) is 0 Å². The molecule has 0 unspecified atom stereocenters. The third-order valence-electron chi connectivity index (χ3n) is 3.81. The van der Waals surface area contributed by atoms with E-state index in [9.17, 15) is 4.79 Å². The summed E-state index contributed by atoms with van der Waals surface area (Å²) < 4.78 is 0. The molecule has 102 valence electrons. The summed E-state index contributed by atoms with van der Waals surface area (Å²) in [6.45, 7) is 1.72. The number of carbonyl (C=O) groups excluding carboxylic acids is 1. The van der Waals surface area contributed by atoms with Crippen molar-refractivity contribution < 1.29 is 4.79 Å². The lowest BCUT2D eigenvalue weighted by molar-refractivity contribution is 0.112. The van der Waals surface area contributed by atoms with Crippen LogP contribution in [0.4, 0.5) is 5.69 Å². The smallest absolute Gasteiger partial charge is 0.152 e. The Hall–Kier alpha value is -1.80. The second-order valence-electron chi connectivity index (χ2n) is 5.09. The van der Waals surface area contributed by atoms with Gasteiger partial charge in [0, 0.05) is 18.7 Å². The maximum absolute atomic E-state index is 11.3. The molecule has 0 spiro atoms. The van der Waals surface area contributed by atoms with Crippen LogP contribution in [0.1, 0.15) is 27.9 Å². The van der Waals surface area contributed by atoms with Gasteiger partial charge >= 0.3 is 0 Å². The van der Waals surface area contributed by atoms with E-state index in [1.165, 1.54) is 11.1 Å². The van der Waals surface area contributed by atoms with Crippen molar-refractivity contribution in [1.82, 2.24) is 0 Å². The molecule has 0 saturated heterocycles. The molecule has 0 saturated carbocycles. The zero-order valence-corrected chi connectivity index (χ0v) is 11.9. The van der Waals surface area contributed by atoms with Gasteiger partial charge in [-0.25, -0.2) is 0 Å². The van der Waals surface area contributed by atoms with Gasteiger partial charge in [-0.2, -0.15) is 0 Å². The van der Waals surface area contributed by atoms with Crippen molar-refractivity contribution in [2.75, 3.05) is 11.4 Å². The molecule has 3 rings (SSSR count). The molecule has 1 heterocycles. The first kappa shape index (κ1) is 13.2. The number of aryl methyl sites for hydroxylation is 1. The Labute approximate surface area is 124 Å². The Balaban J connectivity index is 2.02. The fraction of sp³-hybridized carbons (Fsp3) is 0.235. The van der Waals surface area contributed by atoms with Crippen molar-refractivity contribution in [1.29, 1.82) is 0 Å². The Morgan fingerprint density at radius 1 is 1.05 bits per heavy atom. The maximum atomic E-state index is 11.3. The molecule has 0 aromatic heterocycles. The lowest BCUT2D eigenvalue weighted by Crippen LogP contribution is -2.24. The molecule has 20 heavy (non-hydrogen) atoms.